The van der Waals surface area contributed by atoms with Crippen molar-refractivity contribution in [3.8, 4) is 0 Å². The van der Waals surface area contributed by atoms with Crippen LogP contribution >= 0.6 is 0 Å². The lowest BCUT2D eigenvalue weighted by Gasteiger charge is -1.91. The molecule has 0 radical (unpaired) electrons. The van der Waals surface area contributed by atoms with Gasteiger partial charge in [0.05, 0.1) is 5.71 Å². The van der Waals surface area contributed by atoms with Crippen LogP contribution < -0.4 is 0 Å². The van der Waals surface area contributed by atoms with E-state index in [1.54, 1.807) is 6.21 Å². The summed E-state index contributed by atoms with van der Waals surface area (Å²) in [5, 5.41) is 8.14. The molecule has 0 atom stereocenters. The molecule has 0 aromatic heterocycles. The van der Waals surface area contributed by atoms with E-state index in [0.717, 1.165) is 16.8 Å². The lowest BCUT2D eigenvalue weighted by Crippen LogP contribution is -1.82. The van der Waals surface area contributed by atoms with Crippen molar-refractivity contribution < 1.29 is 0 Å². The van der Waals surface area contributed by atoms with Crippen molar-refractivity contribution in [3.63, 3.8) is 0 Å². The van der Waals surface area contributed by atoms with E-state index in [9.17, 15) is 0 Å². The molecule has 0 aliphatic rings. The predicted octanol–water partition coefficient (Wildman–Crippen LogP) is 4.86. The van der Waals surface area contributed by atoms with Gasteiger partial charge in [-0.2, -0.15) is 10.2 Å². The topological polar surface area (TPSA) is 24.7 Å². The Morgan fingerprint density at radius 3 is 2.00 bits per heavy atom. The SMILES string of the molecule is CC(/C=C/c1ccccc1)=N\N=C\C=C\c1ccccc1. The molecule has 0 unspecified atom stereocenters. The molecule has 0 aliphatic carbocycles. The molecule has 0 aliphatic heterocycles. The molecular formula is C19H18N2. The Bertz CT molecular complexity index is 650. The molecule has 0 amide bonds. The van der Waals surface area contributed by atoms with Gasteiger partial charge in [-0.1, -0.05) is 72.8 Å². The summed E-state index contributed by atoms with van der Waals surface area (Å²) in [6.07, 6.45) is 9.54. The Morgan fingerprint density at radius 2 is 1.38 bits per heavy atom. The van der Waals surface area contributed by atoms with Crippen molar-refractivity contribution in [1.29, 1.82) is 0 Å². The molecule has 0 N–H and O–H groups in total. The molecule has 2 aromatic carbocycles. The summed E-state index contributed by atoms with van der Waals surface area (Å²) in [4.78, 5) is 0. The van der Waals surface area contributed by atoms with Crippen molar-refractivity contribution in [2.24, 2.45) is 10.2 Å². The van der Waals surface area contributed by atoms with Crippen molar-refractivity contribution in [1.82, 2.24) is 0 Å². The van der Waals surface area contributed by atoms with Gasteiger partial charge in [-0.15, -0.1) is 0 Å². The zero-order valence-electron chi connectivity index (χ0n) is 12.1. The first-order chi connectivity index (χ1) is 10.3. The molecule has 2 nitrogen and oxygen atoms in total. The number of benzene rings is 2. The van der Waals surface area contributed by atoms with Gasteiger partial charge in [-0.25, -0.2) is 0 Å². The van der Waals surface area contributed by atoms with Crippen LogP contribution in [0.15, 0.2) is 83.0 Å². The fourth-order valence-corrected chi connectivity index (χ4v) is 1.70. The van der Waals surface area contributed by atoms with Gasteiger partial charge < -0.3 is 0 Å². The maximum Gasteiger partial charge on any atom is 0.0599 e. The lowest BCUT2D eigenvalue weighted by molar-refractivity contribution is 1.25. The molecule has 0 heterocycles. The molecule has 104 valence electrons. The van der Waals surface area contributed by atoms with Crippen molar-refractivity contribution in [3.05, 3.63) is 83.9 Å². The van der Waals surface area contributed by atoms with E-state index in [0.29, 0.717) is 0 Å². The van der Waals surface area contributed by atoms with Crippen molar-refractivity contribution in [2.75, 3.05) is 0 Å². The standard InChI is InChI=1S/C19H18N2/c1-17(14-15-19-11-6-3-7-12-19)21-20-16-8-13-18-9-4-2-5-10-18/h2-16H,1H3/b13-8+,15-14+,20-16+,21-17+. The fraction of sp³-hybridized carbons (Fsp3) is 0.0526. The molecule has 0 saturated heterocycles. The van der Waals surface area contributed by atoms with Gasteiger partial charge in [-0.05, 0) is 30.2 Å². The minimum absolute atomic E-state index is 0.864. The first kappa shape index (κ1) is 14.7. The average Bonchev–Trinajstić information content (AvgIpc) is 2.54. The van der Waals surface area contributed by atoms with Crippen LogP contribution in [0, 0.1) is 0 Å². The van der Waals surface area contributed by atoms with E-state index in [1.165, 1.54) is 0 Å². The van der Waals surface area contributed by atoms with E-state index in [1.807, 2.05) is 79.8 Å². The molecule has 0 bridgehead atoms. The van der Waals surface area contributed by atoms with Gasteiger partial charge >= 0.3 is 0 Å². The summed E-state index contributed by atoms with van der Waals surface area (Å²) < 4.78 is 0. The Hall–Kier alpha value is -2.74. The van der Waals surface area contributed by atoms with Crippen LogP contribution in [0.2, 0.25) is 0 Å². The van der Waals surface area contributed by atoms with E-state index in [-0.39, 0.29) is 0 Å². The third kappa shape index (κ3) is 5.83. The Kier molecular flexibility index (Phi) is 5.89. The van der Waals surface area contributed by atoms with E-state index in [2.05, 4.69) is 22.3 Å². The van der Waals surface area contributed by atoms with Gasteiger partial charge in [0.25, 0.3) is 0 Å². The Morgan fingerprint density at radius 1 is 0.810 bits per heavy atom. The van der Waals surface area contributed by atoms with Crippen molar-refractivity contribution >= 4 is 24.1 Å². The fourth-order valence-electron chi connectivity index (χ4n) is 1.70. The van der Waals surface area contributed by atoms with Gasteiger partial charge in [0.2, 0.25) is 0 Å². The Labute approximate surface area is 125 Å². The lowest BCUT2D eigenvalue weighted by atomic mass is 10.2. The maximum atomic E-state index is 4.12. The van der Waals surface area contributed by atoms with Crippen LogP contribution in [-0.2, 0) is 0 Å². The maximum absolute atomic E-state index is 4.12. The van der Waals surface area contributed by atoms with Crippen LogP contribution in [0.25, 0.3) is 12.2 Å². The second-order valence-electron chi connectivity index (χ2n) is 4.52. The highest BCUT2D eigenvalue weighted by Gasteiger charge is 1.85. The van der Waals surface area contributed by atoms with Crippen LogP contribution in [0.4, 0.5) is 0 Å². The summed E-state index contributed by atoms with van der Waals surface area (Å²) in [5.74, 6) is 0. The molecule has 0 fully saturated rings. The van der Waals surface area contributed by atoms with Crippen LogP contribution in [0.5, 0.6) is 0 Å². The van der Waals surface area contributed by atoms with Crippen LogP contribution in [0.1, 0.15) is 18.1 Å². The zero-order chi connectivity index (χ0) is 14.8. The average molecular weight is 274 g/mol. The second-order valence-corrected chi connectivity index (χ2v) is 4.52. The molecule has 2 aromatic rings. The van der Waals surface area contributed by atoms with Gasteiger partial charge in [-0.3, -0.25) is 0 Å². The summed E-state index contributed by atoms with van der Waals surface area (Å²) >= 11 is 0. The van der Waals surface area contributed by atoms with Gasteiger partial charge in [0.1, 0.15) is 0 Å². The number of hydrogen-bond acceptors (Lipinski definition) is 2. The monoisotopic (exact) mass is 274 g/mol. The highest BCUT2D eigenvalue weighted by Crippen LogP contribution is 2.01. The highest BCUT2D eigenvalue weighted by atomic mass is 15.2. The van der Waals surface area contributed by atoms with Gasteiger partial charge in [0.15, 0.2) is 0 Å². The van der Waals surface area contributed by atoms with Crippen molar-refractivity contribution in [2.45, 2.75) is 6.92 Å². The minimum atomic E-state index is 0.864. The molecule has 0 spiro atoms. The number of nitrogens with zero attached hydrogens (tertiary/aromatic N) is 2. The first-order valence-electron chi connectivity index (χ1n) is 6.87. The predicted molar refractivity (Wildman–Crippen MR) is 92.6 cm³/mol. The summed E-state index contributed by atoms with van der Waals surface area (Å²) in [7, 11) is 0. The quantitative estimate of drug-likeness (QED) is 0.549. The first-order valence-corrected chi connectivity index (χ1v) is 6.87. The smallest absolute Gasteiger partial charge is 0.0599 e. The second kappa shape index (κ2) is 8.43. The van der Waals surface area contributed by atoms with E-state index < -0.39 is 0 Å². The summed E-state index contributed by atoms with van der Waals surface area (Å²) in [6, 6.07) is 20.2. The molecular weight excluding hydrogens is 256 g/mol. The highest BCUT2D eigenvalue weighted by molar-refractivity contribution is 5.96. The van der Waals surface area contributed by atoms with E-state index >= 15 is 0 Å². The molecule has 0 saturated carbocycles. The summed E-state index contributed by atoms with van der Waals surface area (Å²) in [6.45, 7) is 1.93. The van der Waals surface area contributed by atoms with E-state index in [4.69, 9.17) is 0 Å². The number of hydrogen-bond donors (Lipinski definition) is 0. The normalized spacial score (nSPS) is 12.7. The minimum Gasteiger partial charge on any atom is -0.159 e. The number of rotatable bonds is 5. The van der Waals surface area contributed by atoms with Gasteiger partial charge in [0, 0.05) is 6.21 Å². The molecule has 21 heavy (non-hydrogen) atoms. The van der Waals surface area contributed by atoms with Crippen LogP contribution in [0.3, 0.4) is 0 Å². The zero-order valence-corrected chi connectivity index (χ0v) is 12.1. The number of allylic oxidation sites excluding steroid dienone is 2. The largest absolute Gasteiger partial charge is 0.159 e. The molecule has 2 heteroatoms. The Balaban J connectivity index is 1.87. The third-order valence-electron chi connectivity index (χ3n) is 2.77. The third-order valence-corrected chi connectivity index (χ3v) is 2.77. The van der Waals surface area contributed by atoms with Crippen LogP contribution in [-0.4, -0.2) is 11.9 Å². The molecule has 2 rings (SSSR count). The summed E-state index contributed by atoms with van der Waals surface area (Å²) in [5.41, 5.74) is 3.16.